The number of carbonyl (C=O) groups is 2. The van der Waals surface area contributed by atoms with E-state index < -0.39 is 0 Å². The van der Waals surface area contributed by atoms with Crippen molar-refractivity contribution in [3.8, 4) is 0 Å². The molecular formula is C18H22N2O3S. The number of carbonyl (C=O) groups excluding carboxylic acids is 2. The fourth-order valence-corrected chi connectivity index (χ4v) is 3.95. The number of aromatic nitrogens is 1. The fraction of sp³-hybridized carbons (Fsp3) is 0.500. The number of ether oxygens (including phenoxy) is 1. The molecule has 1 atom stereocenters. The molecule has 5 nitrogen and oxygen atoms in total. The lowest BCUT2D eigenvalue weighted by atomic mass is 9.99. The van der Waals surface area contributed by atoms with Crippen molar-refractivity contribution in [2.75, 3.05) is 19.7 Å². The summed E-state index contributed by atoms with van der Waals surface area (Å²) >= 11 is 1.71. The fourth-order valence-electron chi connectivity index (χ4n) is 2.86. The number of para-hydroxylation sites is 1. The summed E-state index contributed by atoms with van der Waals surface area (Å²) < 4.78 is 6.25. The number of nitrogens with zero attached hydrogens (tertiary/aromatic N) is 2. The van der Waals surface area contributed by atoms with Crippen LogP contribution in [0.15, 0.2) is 24.3 Å². The van der Waals surface area contributed by atoms with Crippen molar-refractivity contribution in [2.45, 2.75) is 32.6 Å². The van der Waals surface area contributed by atoms with Gasteiger partial charge in [0, 0.05) is 19.0 Å². The molecule has 1 aliphatic heterocycles. The highest BCUT2D eigenvalue weighted by molar-refractivity contribution is 7.18. The maximum absolute atomic E-state index is 12.3. The zero-order valence-corrected chi connectivity index (χ0v) is 14.8. The third-order valence-corrected chi connectivity index (χ3v) is 5.44. The number of thiazole rings is 1. The van der Waals surface area contributed by atoms with E-state index in [1.54, 1.807) is 30.1 Å². The van der Waals surface area contributed by atoms with Crippen LogP contribution in [0.5, 0.6) is 0 Å². The number of piperidine rings is 1. The molecule has 0 aliphatic carbocycles. The van der Waals surface area contributed by atoms with Crippen LogP contribution in [0.3, 0.4) is 0 Å². The van der Waals surface area contributed by atoms with Crippen molar-refractivity contribution in [2.24, 2.45) is 5.92 Å². The summed E-state index contributed by atoms with van der Waals surface area (Å²) in [5, 5.41) is 1.09. The largest absolute Gasteiger partial charge is 0.455 e. The second kappa shape index (κ2) is 7.30. The van der Waals surface area contributed by atoms with Gasteiger partial charge in [0.2, 0.25) is 0 Å². The monoisotopic (exact) mass is 346 g/mol. The molecule has 0 saturated carbocycles. The van der Waals surface area contributed by atoms with Crippen molar-refractivity contribution in [3.05, 3.63) is 29.3 Å². The summed E-state index contributed by atoms with van der Waals surface area (Å²) in [7, 11) is 0. The van der Waals surface area contributed by atoms with Gasteiger partial charge >= 0.3 is 5.97 Å². The van der Waals surface area contributed by atoms with Crippen LogP contribution in [0, 0.1) is 5.92 Å². The first kappa shape index (κ1) is 16.9. The Morgan fingerprint density at radius 3 is 2.92 bits per heavy atom. The highest BCUT2D eigenvalue weighted by Crippen LogP contribution is 2.32. The Balaban J connectivity index is 1.63. The molecule has 24 heavy (non-hydrogen) atoms. The Kier molecular flexibility index (Phi) is 5.14. The van der Waals surface area contributed by atoms with Gasteiger partial charge in [-0.25, -0.2) is 4.98 Å². The van der Waals surface area contributed by atoms with Gasteiger partial charge in [0.05, 0.1) is 21.1 Å². The average molecular weight is 346 g/mol. The van der Waals surface area contributed by atoms with E-state index in [0.717, 1.165) is 29.9 Å². The summed E-state index contributed by atoms with van der Waals surface area (Å²) in [5.74, 6) is -0.395. The van der Waals surface area contributed by atoms with E-state index in [4.69, 9.17) is 9.72 Å². The molecule has 1 aromatic heterocycles. The van der Waals surface area contributed by atoms with E-state index in [1.165, 1.54) is 4.70 Å². The van der Waals surface area contributed by atoms with Crippen molar-refractivity contribution in [1.29, 1.82) is 0 Å². The maximum Gasteiger partial charge on any atom is 0.308 e. The van der Waals surface area contributed by atoms with E-state index in [0.29, 0.717) is 6.54 Å². The van der Waals surface area contributed by atoms with Gasteiger partial charge in [0.1, 0.15) is 0 Å². The van der Waals surface area contributed by atoms with E-state index in [-0.39, 0.29) is 30.3 Å². The molecule has 2 aromatic rings. The zero-order valence-electron chi connectivity index (χ0n) is 14.0. The SMILES string of the molecule is CC(C)C(=O)OCC(=O)N1CCC[C@H](c2nc3ccccc3s2)C1. The molecule has 3 rings (SSSR count). The molecule has 0 N–H and O–H groups in total. The minimum absolute atomic E-state index is 0.116. The van der Waals surface area contributed by atoms with Gasteiger partial charge in [-0.2, -0.15) is 0 Å². The van der Waals surface area contributed by atoms with Crippen molar-refractivity contribution < 1.29 is 14.3 Å². The topological polar surface area (TPSA) is 59.5 Å². The molecule has 1 aromatic carbocycles. The highest BCUT2D eigenvalue weighted by Gasteiger charge is 2.27. The number of benzene rings is 1. The first-order chi connectivity index (χ1) is 11.5. The summed E-state index contributed by atoms with van der Waals surface area (Å²) in [6, 6.07) is 8.11. The van der Waals surface area contributed by atoms with Crippen LogP contribution in [0.1, 0.15) is 37.6 Å². The molecule has 1 saturated heterocycles. The second-order valence-corrected chi connectivity index (χ2v) is 7.52. The maximum atomic E-state index is 12.3. The first-order valence-electron chi connectivity index (χ1n) is 8.34. The van der Waals surface area contributed by atoms with Gasteiger partial charge in [-0.15, -0.1) is 11.3 Å². The summed E-state index contributed by atoms with van der Waals surface area (Å²) in [5.41, 5.74) is 1.02. The molecule has 2 heterocycles. The lowest BCUT2D eigenvalue weighted by molar-refractivity contribution is -0.155. The number of rotatable bonds is 4. The number of fused-ring (bicyclic) bond motifs is 1. The van der Waals surface area contributed by atoms with Crippen LogP contribution >= 0.6 is 11.3 Å². The predicted molar refractivity (Wildman–Crippen MR) is 94.0 cm³/mol. The Labute approximate surface area is 145 Å². The Bertz CT molecular complexity index is 708. The van der Waals surface area contributed by atoms with Crippen molar-refractivity contribution >= 4 is 33.4 Å². The number of hydrogen-bond donors (Lipinski definition) is 0. The van der Waals surface area contributed by atoms with Crippen LogP contribution in [-0.2, 0) is 14.3 Å². The summed E-state index contributed by atoms with van der Waals surface area (Å²) in [4.78, 5) is 30.3. The molecular weight excluding hydrogens is 324 g/mol. The molecule has 0 radical (unpaired) electrons. The number of hydrogen-bond acceptors (Lipinski definition) is 5. The number of likely N-dealkylation sites (tertiary alicyclic amines) is 1. The van der Waals surface area contributed by atoms with Crippen LogP contribution < -0.4 is 0 Å². The average Bonchev–Trinajstić information content (AvgIpc) is 3.03. The number of esters is 1. The van der Waals surface area contributed by atoms with Gasteiger partial charge in [0.25, 0.3) is 5.91 Å². The van der Waals surface area contributed by atoms with Crippen LogP contribution in [0.25, 0.3) is 10.2 Å². The van der Waals surface area contributed by atoms with Crippen LogP contribution in [0.4, 0.5) is 0 Å². The third-order valence-electron chi connectivity index (χ3n) is 4.24. The normalized spacial score (nSPS) is 18.1. The van der Waals surface area contributed by atoms with Crippen LogP contribution in [0.2, 0.25) is 0 Å². The van der Waals surface area contributed by atoms with E-state index in [1.807, 2.05) is 18.2 Å². The van der Waals surface area contributed by atoms with Gasteiger partial charge < -0.3 is 9.64 Å². The Morgan fingerprint density at radius 1 is 1.38 bits per heavy atom. The molecule has 1 aliphatic rings. The molecule has 6 heteroatoms. The molecule has 1 amide bonds. The van der Waals surface area contributed by atoms with E-state index >= 15 is 0 Å². The molecule has 0 bridgehead atoms. The summed E-state index contributed by atoms with van der Waals surface area (Å²) in [6.45, 7) is 4.73. The van der Waals surface area contributed by atoms with Gasteiger partial charge in [0.15, 0.2) is 6.61 Å². The van der Waals surface area contributed by atoms with E-state index in [2.05, 4.69) is 6.07 Å². The smallest absolute Gasteiger partial charge is 0.308 e. The summed E-state index contributed by atoms with van der Waals surface area (Å²) in [6.07, 6.45) is 1.99. The highest BCUT2D eigenvalue weighted by atomic mass is 32.1. The van der Waals surface area contributed by atoms with Crippen molar-refractivity contribution in [3.63, 3.8) is 0 Å². The first-order valence-corrected chi connectivity index (χ1v) is 9.16. The minimum Gasteiger partial charge on any atom is -0.455 e. The number of amides is 1. The predicted octanol–water partition coefficient (Wildman–Crippen LogP) is 3.20. The standard InChI is InChI=1S/C18H22N2O3S/c1-12(2)18(22)23-11-16(21)20-9-5-6-13(10-20)17-19-14-7-3-4-8-15(14)24-17/h3-4,7-8,12-13H,5-6,9-11H2,1-2H3/t13-/m0/s1. The second-order valence-electron chi connectivity index (χ2n) is 6.46. The van der Waals surface area contributed by atoms with Gasteiger partial charge in [-0.3, -0.25) is 9.59 Å². The van der Waals surface area contributed by atoms with Gasteiger partial charge in [-0.1, -0.05) is 26.0 Å². The molecule has 0 spiro atoms. The lowest BCUT2D eigenvalue weighted by Crippen LogP contribution is -2.41. The molecule has 1 fully saturated rings. The minimum atomic E-state index is -0.330. The Hall–Kier alpha value is -1.95. The van der Waals surface area contributed by atoms with Crippen molar-refractivity contribution in [1.82, 2.24) is 9.88 Å². The van der Waals surface area contributed by atoms with E-state index in [9.17, 15) is 9.59 Å². The lowest BCUT2D eigenvalue weighted by Gasteiger charge is -2.31. The Morgan fingerprint density at radius 2 is 2.17 bits per heavy atom. The molecule has 0 unspecified atom stereocenters. The van der Waals surface area contributed by atoms with Gasteiger partial charge in [-0.05, 0) is 25.0 Å². The van der Waals surface area contributed by atoms with Crippen LogP contribution in [-0.4, -0.2) is 41.5 Å². The third kappa shape index (κ3) is 3.75. The zero-order chi connectivity index (χ0) is 17.1. The quantitative estimate of drug-likeness (QED) is 0.798. The molecule has 128 valence electrons.